The molecule has 1 atom stereocenters. The number of piperidine rings is 1. The van der Waals surface area contributed by atoms with Crippen molar-refractivity contribution in [3.63, 3.8) is 0 Å². The van der Waals surface area contributed by atoms with E-state index in [-0.39, 0.29) is 12.5 Å². The Balaban J connectivity index is 2.60. The van der Waals surface area contributed by atoms with E-state index in [0.717, 1.165) is 20.0 Å². The minimum absolute atomic E-state index is 0.0864. The number of halogens is 5. The molecule has 1 amide bonds. The fourth-order valence-corrected chi connectivity index (χ4v) is 1.91. The minimum Gasteiger partial charge on any atom is -0.340 e. The van der Waals surface area contributed by atoms with Crippen LogP contribution in [0, 0.1) is 5.92 Å². The quantitative estimate of drug-likeness (QED) is 0.794. The predicted octanol–water partition coefficient (Wildman–Crippen LogP) is 1.64. The molecule has 0 aromatic carbocycles. The largest absolute Gasteiger partial charge is 0.463 e. The number of rotatable bonds is 3. The summed E-state index contributed by atoms with van der Waals surface area (Å²) in [6.45, 7) is 1.22. The van der Waals surface area contributed by atoms with E-state index in [1.165, 1.54) is 0 Å². The van der Waals surface area contributed by atoms with Crippen LogP contribution in [0.5, 0.6) is 0 Å². The molecule has 1 heterocycles. The Hall–Kier alpha value is -0.920. The third kappa shape index (κ3) is 3.30. The maximum atomic E-state index is 12.8. The third-order valence-corrected chi connectivity index (χ3v) is 2.90. The molecule has 1 aliphatic rings. The molecule has 0 aromatic rings. The van der Waals surface area contributed by atoms with Crippen LogP contribution in [0.4, 0.5) is 22.0 Å². The van der Waals surface area contributed by atoms with Gasteiger partial charge in [0.15, 0.2) is 0 Å². The van der Waals surface area contributed by atoms with Crippen molar-refractivity contribution in [2.24, 2.45) is 5.92 Å². The van der Waals surface area contributed by atoms with Crippen LogP contribution >= 0.6 is 0 Å². The maximum Gasteiger partial charge on any atom is 0.463 e. The van der Waals surface area contributed by atoms with Gasteiger partial charge in [-0.15, -0.1) is 0 Å². The summed E-state index contributed by atoms with van der Waals surface area (Å²) in [7, 11) is 0.969. The lowest BCUT2D eigenvalue weighted by atomic mass is 9.99. The van der Waals surface area contributed by atoms with Crippen molar-refractivity contribution in [2.75, 3.05) is 26.7 Å². The van der Waals surface area contributed by atoms with E-state index >= 15 is 0 Å². The summed E-state index contributed by atoms with van der Waals surface area (Å²) < 4.78 is 61.6. The molecule has 1 fully saturated rings. The maximum absolute atomic E-state index is 12.8. The number of amides is 1. The first kappa shape index (κ1) is 15.1. The molecule has 0 bridgehead atoms. The van der Waals surface area contributed by atoms with E-state index in [4.69, 9.17) is 0 Å². The second kappa shape index (κ2) is 5.38. The Bertz CT molecular complexity index is 299. The lowest BCUT2D eigenvalue weighted by Gasteiger charge is -2.30. The van der Waals surface area contributed by atoms with Crippen LogP contribution in [0.1, 0.15) is 12.8 Å². The van der Waals surface area contributed by atoms with Crippen molar-refractivity contribution < 1.29 is 26.7 Å². The normalized spacial score (nSPS) is 21.8. The highest BCUT2D eigenvalue weighted by molar-refractivity contribution is 5.84. The van der Waals surface area contributed by atoms with E-state index in [0.29, 0.717) is 17.9 Å². The fourth-order valence-electron chi connectivity index (χ4n) is 1.91. The first-order chi connectivity index (χ1) is 8.16. The predicted molar refractivity (Wildman–Crippen MR) is 54.2 cm³/mol. The molecule has 106 valence electrons. The topological polar surface area (TPSA) is 32.3 Å². The van der Waals surface area contributed by atoms with Crippen molar-refractivity contribution in [3.05, 3.63) is 0 Å². The summed E-state index contributed by atoms with van der Waals surface area (Å²) in [5, 5.41) is 3.00. The molecule has 1 saturated heterocycles. The van der Waals surface area contributed by atoms with Gasteiger partial charge in [-0.25, -0.2) is 0 Å². The second-order valence-corrected chi connectivity index (χ2v) is 4.47. The molecule has 1 N–H and O–H groups in total. The van der Waals surface area contributed by atoms with Gasteiger partial charge in [-0.05, 0) is 31.8 Å². The summed E-state index contributed by atoms with van der Waals surface area (Å²) in [6, 6.07) is 0. The number of carbonyl (C=O) groups is 1. The van der Waals surface area contributed by atoms with Crippen molar-refractivity contribution in [1.82, 2.24) is 10.2 Å². The van der Waals surface area contributed by atoms with E-state index < -0.39 is 18.0 Å². The number of hydrogen-bond acceptors (Lipinski definition) is 2. The van der Waals surface area contributed by atoms with Crippen LogP contribution in [0.15, 0.2) is 0 Å². The molecule has 0 spiro atoms. The Morgan fingerprint density at radius 2 is 1.94 bits per heavy atom. The summed E-state index contributed by atoms with van der Waals surface area (Å²) in [4.78, 5) is 11.6. The van der Waals surface area contributed by atoms with E-state index in [2.05, 4.69) is 5.32 Å². The summed E-state index contributed by atoms with van der Waals surface area (Å²) in [5.74, 6) is -7.60. The Labute approximate surface area is 101 Å². The highest BCUT2D eigenvalue weighted by Crippen LogP contribution is 2.36. The van der Waals surface area contributed by atoms with Gasteiger partial charge in [0.05, 0.1) is 0 Å². The molecular formula is C10H15F5N2O. The zero-order valence-electron chi connectivity index (χ0n) is 9.86. The first-order valence-electron chi connectivity index (χ1n) is 5.57. The van der Waals surface area contributed by atoms with Gasteiger partial charge < -0.3 is 10.2 Å². The van der Waals surface area contributed by atoms with Gasteiger partial charge in [-0.1, -0.05) is 0 Å². The summed E-state index contributed by atoms with van der Waals surface area (Å²) in [6.07, 6.45) is -4.31. The molecule has 0 saturated carbocycles. The van der Waals surface area contributed by atoms with Gasteiger partial charge in [0.1, 0.15) is 0 Å². The number of nitrogens with one attached hydrogen (secondary N) is 1. The molecular weight excluding hydrogens is 259 g/mol. The molecule has 1 rings (SSSR count). The molecule has 0 aromatic heterocycles. The highest BCUT2D eigenvalue weighted by atomic mass is 19.4. The fraction of sp³-hybridized carbons (Fsp3) is 0.900. The molecule has 0 radical (unpaired) electrons. The molecule has 0 aliphatic carbocycles. The van der Waals surface area contributed by atoms with E-state index in [1.807, 2.05) is 0 Å². The molecule has 3 nitrogen and oxygen atoms in total. The van der Waals surface area contributed by atoms with Gasteiger partial charge in [0.25, 0.3) is 0 Å². The zero-order valence-corrected chi connectivity index (χ0v) is 9.86. The van der Waals surface area contributed by atoms with Crippen molar-refractivity contribution >= 4 is 5.91 Å². The minimum atomic E-state index is -5.84. The smallest absolute Gasteiger partial charge is 0.340 e. The van der Waals surface area contributed by atoms with Gasteiger partial charge >= 0.3 is 18.0 Å². The summed E-state index contributed by atoms with van der Waals surface area (Å²) in [5.41, 5.74) is 0. The van der Waals surface area contributed by atoms with Gasteiger partial charge in [-0.2, -0.15) is 22.0 Å². The van der Waals surface area contributed by atoms with Crippen molar-refractivity contribution in [2.45, 2.75) is 24.9 Å². The number of hydrogen-bond donors (Lipinski definition) is 1. The second-order valence-electron chi connectivity index (χ2n) is 4.47. The first-order valence-corrected chi connectivity index (χ1v) is 5.57. The van der Waals surface area contributed by atoms with Crippen molar-refractivity contribution in [1.29, 1.82) is 0 Å². The van der Waals surface area contributed by atoms with Crippen LogP contribution < -0.4 is 5.32 Å². The lowest BCUT2D eigenvalue weighted by molar-refractivity contribution is -0.274. The SMILES string of the molecule is CN(CC1CCCNC1)C(=O)C(F)(F)C(F)(F)F. The highest BCUT2D eigenvalue weighted by Gasteiger charge is 2.64. The number of carbonyl (C=O) groups excluding carboxylic acids is 1. The third-order valence-electron chi connectivity index (χ3n) is 2.90. The monoisotopic (exact) mass is 274 g/mol. The lowest BCUT2D eigenvalue weighted by Crippen LogP contribution is -2.52. The average Bonchev–Trinajstić information content (AvgIpc) is 2.27. The number of alkyl halides is 5. The standard InChI is InChI=1S/C10H15F5N2O/c1-17(6-7-3-2-4-16-5-7)8(18)9(11,12)10(13,14)15/h7,16H,2-6H2,1H3. The van der Waals surface area contributed by atoms with Gasteiger partial charge in [0.2, 0.25) is 0 Å². The number of nitrogens with zero attached hydrogens (tertiary/aromatic N) is 1. The van der Waals surface area contributed by atoms with Gasteiger partial charge in [0, 0.05) is 13.6 Å². The summed E-state index contributed by atoms with van der Waals surface area (Å²) >= 11 is 0. The van der Waals surface area contributed by atoms with Crippen LogP contribution in [0.25, 0.3) is 0 Å². The Morgan fingerprint density at radius 3 is 2.39 bits per heavy atom. The van der Waals surface area contributed by atoms with Crippen LogP contribution in [0.2, 0.25) is 0 Å². The van der Waals surface area contributed by atoms with Crippen LogP contribution in [0.3, 0.4) is 0 Å². The molecule has 1 aliphatic heterocycles. The Morgan fingerprint density at radius 1 is 1.33 bits per heavy atom. The van der Waals surface area contributed by atoms with E-state index in [9.17, 15) is 26.7 Å². The zero-order chi connectivity index (χ0) is 14.0. The van der Waals surface area contributed by atoms with Crippen LogP contribution in [-0.4, -0.2) is 49.6 Å². The van der Waals surface area contributed by atoms with E-state index in [1.54, 1.807) is 0 Å². The molecule has 8 heteroatoms. The average molecular weight is 274 g/mol. The van der Waals surface area contributed by atoms with Crippen LogP contribution in [-0.2, 0) is 4.79 Å². The molecule has 1 unspecified atom stereocenters. The Kier molecular flexibility index (Phi) is 4.52. The van der Waals surface area contributed by atoms with Crippen molar-refractivity contribution in [3.8, 4) is 0 Å². The van der Waals surface area contributed by atoms with Gasteiger partial charge in [-0.3, -0.25) is 4.79 Å². The molecule has 18 heavy (non-hydrogen) atoms.